The number of ether oxygens (including phenoxy) is 1. The molecule has 0 atom stereocenters. The zero-order valence-electron chi connectivity index (χ0n) is 19.8. The molecule has 2 heterocycles. The highest BCUT2D eigenvalue weighted by Gasteiger charge is 2.35. The Balaban J connectivity index is 1.49. The molecule has 2 aliphatic heterocycles. The Labute approximate surface area is 183 Å². The molecular weight excluding hydrogens is 378 g/mol. The minimum absolute atomic E-state index is 0.141. The SMILES string of the molecule is CN=C(NCC1CCN(C)CC1)N1CCC(N(CC2CC2)C(=O)OC(C)(C)C)CC1. The second kappa shape index (κ2) is 10.2. The summed E-state index contributed by atoms with van der Waals surface area (Å²) in [5.41, 5.74) is -0.445. The molecule has 0 radical (unpaired) electrons. The van der Waals surface area contributed by atoms with Gasteiger partial charge in [0, 0.05) is 39.3 Å². The number of carbonyl (C=O) groups is 1. The molecule has 3 fully saturated rings. The van der Waals surface area contributed by atoms with Crippen molar-refractivity contribution >= 4 is 12.1 Å². The fraction of sp³-hybridized carbons (Fsp3) is 0.913. The fourth-order valence-electron chi connectivity index (χ4n) is 4.50. The first kappa shape index (κ1) is 23.2. The summed E-state index contributed by atoms with van der Waals surface area (Å²) < 4.78 is 5.72. The van der Waals surface area contributed by atoms with Crippen LogP contribution in [-0.2, 0) is 4.74 Å². The Morgan fingerprint density at radius 1 is 1.03 bits per heavy atom. The van der Waals surface area contributed by atoms with E-state index in [9.17, 15) is 4.79 Å². The molecule has 3 aliphatic rings. The largest absolute Gasteiger partial charge is 0.444 e. The van der Waals surface area contributed by atoms with E-state index in [4.69, 9.17) is 4.74 Å². The molecule has 0 unspecified atom stereocenters. The quantitative estimate of drug-likeness (QED) is 0.546. The van der Waals surface area contributed by atoms with Crippen molar-refractivity contribution in [3.63, 3.8) is 0 Å². The van der Waals surface area contributed by atoms with Gasteiger partial charge in [0.1, 0.15) is 5.60 Å². The molecule has 0 spiro atoms. The van der Waals surface area contributed by atoms with Gasteiger partial charge in [0.2, 0.25) is 0 Å². The average molecular weight is 422 g/mol. The molecule has 1 saturated carbocycles. The van der Waals surface area contributed by atoms with E-state index in [1.165, 1.54) is 38.8 Å². The monoisotopic (exact) mass is 421 g/mol. The van der Waals surface area contributed by atoms with Gasteiger partial charge < -0.3 is 24.8 Å². The lowest BCUT2D eigenvalue weighted by atomic mass is 9.97. The smallest absolute Gasteiger partial charge is 0.410 e. The highest BCUT2D eigenvalue weighted by atomic mass is 16.6. The number of nitrogens with zero attached hydrogens (tertiary/aromatic N) is 4. The van der Waals surface area contributed by atoms with Crippen molar-refractivity contribution in [2.75, 3.05) is 53.4 Å². The maximum atomic E-state index is 12.8. The standard InChI is InChI=1S/C23H43N5O2/c1-23(2,3)30-22(29)28(17-19-6-7-19)20-10-14-27(15-11-20)21(24-4)25-16-18-8-12-26(5)13-9-18/h18-20H,6-17H2,1-5H3,(H,24,25). The van der Waals surface area contributed by atoms with Crippen molar-refractivity contribution in [2.45, 2.75) is 70.9 Å². The van der Waals surface area contributed by atoms with Crippen LogP contribution < -0.4 is 5.32 Å². The zero-order valence-corrected chi connectivity index (χ0v) is 19.8. The van der Waals surface area contributed by atoms with Crippen LogP contribution >= 0.6 is 0 Å². The first-order valence-electron chi connectivity index (χ1n) is 11.9. The Hall–Kier alpha value is -1.50. The maximum Gasteiger partial charge on any atom is 0.410 e. The average Bonchev–Trinajstić information content (AvgIpc) is 3.51. The van der Waals surface area contributed by atoms with E-state index in [1.807, 2.05) is 32.7 Å². The molecule has 3 rings (SSSR count). The van der Waals surface area contributed by atoms with Crippen LogP contribution in [0.4, 0.5) is 4.79 Å². The van der Waals surface area contributed by atoms with Gasteiger partial charge in [-0.15, -0.1) is 0 Å². The molecule has 172 valence electrons. The zero-order chi connectivity index (χ0) is 21.7. The number of piperidine rings is 2. The number of aliphatic imine (C=N–C) groups is 1. The second-order valence-electron chi connectivity index (χ2n) is 10.5. The Morgan fingerprint density at radius 2 is 1.67 bits per heavy atom. The van der Waals surface area contributed by atoms with Gasteiger partial charge in [-0.2, -0.15) is 0 Å². The van der Waals surface area contributed by atoms with E-state index in [0.29, 0.717) is 5.92 Å². The summed E-state index contributed by atoms with van der Waals surface area (Å²) in [6.45, 7) is 11.9. The van der Waals surface area contributed by atoms with Crippen molar-refractivity contribution in [1.29, 1.82) is 0 Å². The molecule has 0 aromatic rings. The third kappa shape index (κ3) is 7.03. The van der Waals surface area contributed by atoms with E-state index >= 15 is 0 Å². The van der Waals surface area contributed by atoms with Gasteiger partial charge in [-0.25, -0.2) is 4.79 Å². The van der Waals surface area contributed by atoms with E-state index in [0.717, 1.165) is 50.9 Å². The molecule has 7 heteroatoms. The molecule has 7 nitrogen and oxygen atoms in total. The normalized spacial score (nSPS) is 22.8. The van der Waals surface area contributed by atoms with E-state index in [-0.39, 0.29) is 12.1 Å². The fourth-order valence-corrected chi connectivity index (χ4v) is 4.50. The van der Waals surface area contributed by atoms with Crippen molar-refractivity contribution in [1.82, 2.24) is 20.0 Å². The first-order valence-corrected chi connectivity index (χ1v) is 11.9. The summed E-state index contributed by atoms with van der Waals surface area (Å²) in [6, 6.07) is 0.267. The maximum absolute atomic E-state index is 12.8. The highest BCUT2D eigenvalue weighted by Crippen LogP contribution is 2.32. The minimum Gasteiger partial charge on any atom is -0.444 e. The second-order valence-corrected chi connectivity index (χ2v) is 10.5. The lowest BCUT2D eigenvalue weighted by Crippen LogP contribution is -2.53. The van der Waals surface area contributed by atoms with E-state index in [1.54, 1.807) is 0 Å². The van der Waals surface area contributed by atoms with Crippen LogP contribution in [0.1, 0.15) is 59.3 Å². The van der Waals surface area contributed by atoms with Gasteiger partial charge in [-0.3, -0.25) is 4.99 Å². The number of hydrogen-bond donors (Lipinski definition) is 1. The Bertz CT molecular complexity index is 583. The molecule has 1 N–H and O–H groups in total. The highest BCUT2D eigenvalue weighted by molar-refractivity contribution is 5.80. The van der Waals surface area contributed by atoms with Gasteiger partial charge in [-0.1, -0.05) is 0 Å². The summed E-state index contributed by atoms with van der Waals surface area (Å²) in [5.74, 6) is 2.41. The predicted molar refractivity (Wildman–Crippen MR) is 122 cm³/mol. The van der Waals surface area contributed by atoms with E-state index < -0.39 is 5.60 Å². The topological polar surface area (TPSA) is 60.4 Å². The third-order valence-electron chi connectivity index (χ3n) is 6.58. The van der Waals surface area contributed by atoms with Crippen molar-refractivity contribution < 1.29 is 9.53 Å². The summed E-state index contributed by atoms with van der Waals surface area (Å²) in [7, 11) is 4.08. The lowest BCUT2D eigenvalue weighted by molar-refractivity contribution is 0.00927. The lowest BCUT2D eigenvalue weighted by Gasteiger charge is -2.40. The van der Waals surface area contributed by atoms with Gasteiger partial charge in [0.05, 0.1) is 0 Å². The van der Waals surface area contributed by atoms with Gasteiger partial charge in [-0.05, 0) is 91.3 Å². The van der Waals surface area contributed by atoms with Crippen molar-refractivity contribution in [3.8, 4) is 0 Å². The van der Waals surface area contributed by atoms with Crippen molar-refractivity contribution in [3.05, 3.63) is 0 Å². The molecular formula is C23H43N5O2. The predicted octanol–water partition coefficient (Wildman–Crippen LogP) is 3.02. The number of rotatable bonds is 5. The molecule has 30 heavy (non-hydrogen) atoms. The minimum atomic E-state index is -0.445. The van der Waals surface area contributed by atoms with Crippen LogP contribution in [0, 0.1) is 11.8 Å². The Morgan fingerprint density at radius 3 is 2.20 bits per heavy atom. The molecule has 2 saturated heterocycles. The molecule has 0 aromatic carbocycles. The van der Waals surface area contributed by atoms with Crippen LogP contribution in [0.3, 0.4) is 0 Å². The van der Waals surface area contributed by atoms with Crippen molar-refractivity contribution in [2.24, 2.45) is 16.8 Å². The number of nitrogens with one attached hydrogen (secondary N) is 1. The number of hydrogen-bond acceptors (Lipinski definition) is 4. The third-order valence-corrected chi connectivity index (χ3v) is 6.58. The molecule has 0 bridgehead atoms. The summed E-state index contributed by atoms with van der Waals surface area (Å²) in [6.07, 6.45) is 6.81. The van der Waals surface area contributed by atoms with Gasteiger partial charge >= 0.3 is 6.09 Å². The molecule has 1 amide bonds. The number of amides is 1. The summed E-state index contributed by atoms with van der Waals surface area (Å²) >= 11 is 0. The van der Waals surface area contributed by atoms with Crippen LogP contribution in [0.15, 0.2) is 4.99 Å². The molecule has 1 aliphatic carbocycles. The molecule has 0 aromatic heterocycles. The van der Waals surface area contributed by atoms with E-state index in [2.05, 4.69) is 27.2 Å². The van der Waals surface area contributed by atoms with Crippen LogP contribution in [0.2, 0.25) is 0 Å². The van der Waals surface area contributed by atoms with Crippen LogP contribution in [0.25, 0.3) is 0 Å². The summed E-state index contributed by atoms with van der Waals surface area (Å²) in [5, 5.41) is 3.62. The number of carbonyl (C=O) groups excluding carboxylic acids is 1. The van der Waals surface area contributed by atoms with Gasteiger partial charge in [0.15, 0.2) is 5.96 Å². The number of guanidine groups is 1. The Kier molecular flexibility index (Phi) is 7.88. The summed E-state index contributed by atoms with van der Waals surface area (Å²) in [4.78, 5) is 24.2. The van der Waals surface area contributed by atoms with Crippen LogP contribution in [0.5, 0.6) is 0 Å². The number of likely N-dealkylation sites (tertiary alicyclic amines) is 2. The first-order chi connectivity index (χ1) is 14.2. The van der Waals surface area contributed by atoms with Gasteiger partial charge in [0.25, 0.3) is 0 Å². The van der Waals surface area contributed by atoms with Crippen LogP contribution in [-0.4, -0.2) is 91.8 Å².